The molecule has 184 valence electrons. The summed E-state index contributed by atoms with van der Waals surface area (Å²) in [7, 11) is -2.27. The zero-order chi connectivity index (χ0) is 25.9. The van der Waals surface area contributed by atoms with Crippen LogP contribution in [0.1, 0.15) is 49.7 Å². The van der Waals surface area contributed by atoms with Gasteiger partial charge in [-0.2, -0.15) is 5.26 Å². The van der Waals surface area contributed by atoms with E-state index in [1.807, 2.05) is 37.3 Å². The first kappa shape index (κ1) is 23.9. The number of hydrogen-bond donors (Lipinski definition) is 1. The number of hydrogen-bond acceptors (Lipinski definition) is 5. The molecule has 0 spiro atoms. The van der Waals surface area contributed by atoms with Crippen LogP contribution < -0.4 is 0 Å². The number of ether oxygens (including phenoxy) is 1. The van der Waals surface area contributed by atoms with Crippen LogP contribution in [-0.4, -0.2) is 34.2 Å². The van der Waals surface area contributed by atoms with Crippen molar-refractivity contribution in [1.82, 2.24) is 13.9 Å². The Morgan fingerprint density at radius 3 is 2.72 bits per heavy atom. The zero-order valence-electron chi connectivity index (χ0n) is 21.0. The third kappa shape index (κ3) is 3.46. The van der Waals surface area contributed by atoms with Gasteiger partial charge in [0.1, 0.15) is 16.3 Å². The maximum Gasteiger partial charge on any atom is 0.248 e. The fourth-order valence-electron chi connectivity index (χ4n) is 4.99. The number of nitrogens with zero attached hydrogens (tertiary/aromatic N) is 3. The van der Waals surface area contributed by atoms with E-state index in [4.69, 9.17) is 9.72 Å². The van der Waals surface area contributed by atoms with E-state index in [2.05, 4.69) is 24.9 Å². The fourth-order valence-corrected chi connectivity index (χ4v) is 6.72. The van der Waals surface area contributed by atoms with E-state index >= 15 is 0 Å². The Morgan fingerprint density at radius 2 is 2.00 bits per heavy atom. The minimum Gasteiger partial charge on any atom is -0.497 e. The van der Waals surface area contributed by atoms with E-state index in [1.165, 1.54) is 11.1 Å². The molecule has 5 rings (SSSR count). The number of nitrogens with one attached hydrogen (secondary N) is 1. The van der Waals surface area contributed by atoms with Crippen LogP contribution in [0.3, 0.4) is 0 Å². The maximum absolute atomic E-state index is 14.0. The molecule has 0 fully saturated rings. The molecule has 8 heteroatoms. The summed E-state index contributed by atoms with van der Waals surface area (Å²) in [4.78, 5) is 8.18. The first-order chi connectivity index (χ1) is 17.0. The highest BCUT2D eigenvalue weighted by atomic mass is 32.2. The van der Waals surface area contributed by atoms with E-state index in [9.17, 15) is 13.7 Å². The number of nitriles is 1. The van der Waals surface area contributed by atoms with Gasteiger partial charge in [0.05, 0.1) is 35.3 Å². The van der Waals surface area contributed by atoms with E-state index in [0.29, 0.717) is 23.3 Å². The van der Waals surface area contributed by atoms with Crippen LogP contribution in [0.4, 0.5) is 0 Å². The lowest BCUT2D eigenvalue weighted by Crippen LogP contribution is -2.38. The lowest BCUT2D eigenvalue weighted by molar-refractivity contribution is 0.301. The predicted octanol–water partition coefficient (Wildman–Crippen LogP) is 5.45. The molecule has 0 saturated heterocycles. The number of fused-ring (bicyclic) bond motifs is 2. The lowest BCUT2D eigenvalue weighted by atomic mass is 9.81. The van der Waals surface area contributed by atoms with E-state index in [0.717, 1.165) is 33.4 Å². The molecule has 0 amide bonds. The maximum atomic E-state index is 14.0. The quantitative estimate of drug-likeness (QED) is 0.393. The van der Waals surface area contributed by atoms with Crippen molar-refractivity contribution in [2.24, 2.45) is 0 Å². The van der Waals surface area contributed by atoms with Crippen molar-refractivity contribution in [1.29, 1.82) is 5.26 Å². The lowest BCUT2D eigenvalue weighted by Gasteiger charge is -2.29. The third-order valence-corrected chi connectivity index (χ3v) is 9.51. The van der Waals surface area contributed by atoms with Crippen LogP contribution in [0, 0.1) is 18.3 Å². The molecular weight excluding hydrogens is 472 g/mol. The number of allylic oxidation sites excluding steroid dienone is 2. The molecule has 1 atom stereocenters. The van der Waals surface area contributed by atoms with Crippen molar-refractivity contribution in [3.63, 3.8) is 0 Å². The fraction of sp³-hybridized carbons (Fsp3) is 0.286. The standard InChI is InChI=1S/C28H28N4O3S/c1-18-8-10-22(27(2,3)26-30-23-11-9-19(17-29)15-24(23)31-26)21-12-14-32(25(18)21)36(33,34)28(4)13-6-7-20(16-28)35-5/h6-12,14-16H,13H2,1-5H3,(H,30,31). The number of aryl methyl sites for hydroxylation is 1. The van der Waals surface area contributed by atoms with Crippen molar-refractivity contribution in [3.05, 3.63) is 89.1 Å². The van der Waals surface area contributed by atoms with Crippen molar-refractivity contribution < 1.29 is 13.2 Å². The van der Waals surface area contributed by atoms with Gasteiger partial charge < -0.3 is 9.72 Å². The third-order valence-electron chi connectivity index (χ3n) is 7.23. The molecule has 1 aliphatic rings. The Kier molecular flexibility index (Phi) is 5.38. The van der Waals surface area contributed by atoms with Crippen LogP contribution >= 0.6 is 0 Å². The van der Waals surface area contributed by atoms with Gasteiger partial charge in [-0.05, 0) is 81.7 Å². The molecule has 1 unspecified atom stereocenters. The summed E-state index contributed by atoms with van der Waals surface area (Å²) in [6.07, 6.45) is 7.32. The minimum atomic E-state index is -3.81. The molecule has 0 saturated carbocycles. The molecule has 2 heterocycles. The zero-order valence-corrected chi connectivity index (χ0v) is 21.8. The largest absolute Gasteiger partial charge is 0.497 e. The van der Waals surface area contributed by atoms with Gasteiger partial charge in [0.2, 0.25) is 10.0 Å². The van der Waals surface area contributed by atoms with Crippen LogP contribution in [0.15, 0.2) is 66.6 Å². The molecule has 1 N–H and O–H groups in total. The molecule has 0 radical (unpaired) electrons. The highest BCUT2D eigenvalue weighted by molar-refractivity contribution is 7.91. The SMILES string of the molecule is COC1=CC(C)(S(=O)(=O)n2ccc3c(C(C)(C)c4nc5ccc(C#N)cc5[nH]4)ccc(C)c32)CC=C1. The molecular formula is C28H28N4O3S. The first-order valence-electron chi connectivity index (χ1n) is 11.7. The summed E-state index contributed by atoms with van der Waals surface area (Å²) >= 11 is 0. The molecule has 0 bridgehead atoms. The summed E-state index contributed by atoms with van der Waals surface area (Å²) in [6, 6.07) is 13.4. The number of H-pyrrole nitrogens is 1. The van der Waals surface area contributed by atoms with Gasteiger partial charge in [0.15, 0.2) is 0 Å². The summed E-state index contributed by atoms with van der Waals surface area (Å²) in [5.74, 6) is 1.28. The highest BCUT2D eigenvalue weighted by Crippen LogP contribution is 2.39. The molecule has 2 aromatic heterocycles. The number of imidazole rings is 1. The highest BCUT2D eigenvalue weighted by Gasteiger charge is 2.41. The Bertz CT molecular complexity index is 1730. The first-order valence-corrected chi connectivity index (χ1v) is 13.2. The Balaban J connectivity index is 1.67. The Hall–Kier alpha value is -3.83. The second-order valence-corrected chi connectivity index (χ2v) is 12.3. The number of rotatable bonds is 5. The second-order valence-electron chi connectivity index (χ2n) is 10.0. The molecule has 36 heavy (non-hydrogen) atoms. The Morgan fingerprint density at radius 1 is 1.22 bits per heavy atom. The van der Waals surface area contributed by atoms with Crippen molar-refractivity contribution in [3.8, 4) is 6.07 Å². The van der Waals surface area contributed by atoms with Gasteiger partial charge in [-0.15, -0.1) is 0 Å². The normalized spacial score (nSPS) is 18.4. The summed E-state index contributed by atoms with van der Waals surface area (Å²) < 4.78 is 33.6. The number of aromatic amines is 1. The van der Waals surface area contributed by atoms with E-state index in [1.54, 1.807) is 37.4 Å². The van der Waals surface area contributed by atoms with Crippen molar-refractivity contribution in [2.45, 2.75) is 44.3 Å². The van der Waals surface area contributed by atoms with Crippen LogP contribution in [0.25, 0.3) is 21.9 Å². The second kappa shape index (κ2) is 8.10. The molecule has 4 aromatic rings. The van der Waals surface area contributed by atoms with Gasteiger partial charge in [-0.3, -0.25) is 0 Å². The van der Waals surface area contributed by atoms with Crippen LogP contribution in [-0.2, 0) is 20.2 Å². The average Bonchev–Trinajstić information content (AvgIpc) is 3.49. The summed E-state index contributed by atoms with van der Waals surface area (Å²) in [6.45, 7) is 7.78. The van der Waals surface area contributed by atoms with E-state index in [-0.39, 0.29) is 0 Å². The minimum absolute atomic E-state index is 0.357. The van der Waals surface area contributed by atoms with Gasteiger partial charge in [0, 0.05) is 17.0 Å². The molecule has 1 aliphatic carbocycles. The topological polar surface area (TPSA) is 101 Å². The summed E-state index contributed by atoms with van der Waals surface area (Å²) in [5, 5.41) is 10.1. The summed E-state index contributed by atoms with van der Waals surface area (Å²) in [5.41, 5.74) is 4.05. The van der Waals surface area contributed by atoms with Gasteiger partial charge >= 0.3 is 0 Å². The van der Waals surface area contributed by atoms with Gasteiger partial charge in [-0.1, -0.05) is 18.2 Å². The smallest absolute Gasteiger partial charge is 0.248 e. The van der Waals surface area contributed by atoms with Gasteiger partial charge in [-0.25, -0.2) is 17.4 Å². The van der Waals surface area contributed by atoms with E-state index < -0.39 is 20.2 Å². The van der Waals surface area contributed by atoms with Crippen LogP contribution in [0.2, 0.25) is 0 Å². The van der Waals surface area contributed by atoms with Crippen molar-refractivity contribution in [2.75, 3.05) is 7.11 Å². The van der Waals surface area contributed by atoms with Crippen LogP contribution in [0.5, 0.6) is 0 Å². The number of methoxy groups -OCH3 is 1. The average molecular weight is 501 g/mol. The molecule has 7 nitrogen and oxygen atoms in total. The van der Waals surface area contributed by atoms with Crippen molar-refractivity contribution >= 4 is 32.0 Å². The molecule has 0 aliphatic heterocycles. The monoisotopic (exact) mass is 500 g/mol. The van der Waals surface area contributed by atoms with Gasteiger partial charge in [0.25, 0.3) is 0 Å². The molecule has 2 aromatic carbocycles. The number of aromatic nitrogens is 3. The Labute approximate surface area is 210 Å². The predicted molar refractivity (Wildman–Crippen MR) is 141 cm³/mol. The number of benzene rings is 2.